The third-order valence-corrected chi connectivity index (χ3v) is 2.78. The van der Waals surface area contributed by atoms with Gasteiger partial charge in [0, 0.05) is 17.0 Å². The van der Waals surface area contributed by atoms with Crippen molar-refractivity contribution in [3.05, 3.63) is 28.5 Å². The normalized spacial score (nSPS) is 10.6. The summed E-state index contributed by atoms with van der Waals surface area (Å²) < 4.78 is 4.69. The number of thiophene rings is 1. The van der Waals surface area contributed by atoms with Crippen molar-refractivity contribution in [1.82, 2.24) is 10.6 Å². The quantitative estimate of drug-likeness (QED) is 0.637. The lowest BCUT2D eigenvalue weighted by molar-refractivity contribution is -0.143. The molecule has 0 atom stereocenters. The first-order valence-corrected chi connectivity index (χ1v) is 6.84. The number of ether oxygens (including phenoxy) is 1. The predicted molar refractivity (Wildman–Crippen MR) is 76.1 cm³/mol. The molecule has 1 heterocycles. The lowest BCUT2D eigenvalue weighted by atomic mass is 10.4. The number of carbonyl (C=O) groups is 3. The number of carbonyl (C=O) groups excluding carboxylic acids is 3. The Labute approximate surface area is 120 Å². The molecule has 1 aromatic rings. The summed E-state index contributed by atoms with van der Waals surface area (Å²) >= 11 is 1.48. The van der Waals surface area contributed by atoms with Gasteiger partial charge in [-0.25, -0.2) is 9.59 Å². The van der Waals surface area contributed by atoms with Crippen LogP contribution in [-0.4, -0.2) is 30.6 Å². The van der Waals surface area contributed by atoms with Crippen molar-refractivity contribution in [2.24, 2.45) is 0 Å². The summed E-state index contributed by atoms with van der Waals surface area (Å²) in [6.45, 7) is 3.03. The van der Waals surface area contributed by atoms with Crippen LogP contribution in [0.4, 0.5) is 4.79 Å². The van der Waals surface area contributed by atoms with Crippen LogP contribution in [0, 0.1) is 0 Å². The number of esters is 1. The Balaban J connectivity index is 2.27. The van der Waals surface area contributed by atoms with E-state index in [0.717, 1.165) is 4.88 Å². The van der Waals surface area contributed by atoms with Gasteiger partial charge in [-0.05, 0) is 31.4 Å². The van der Waals surface area contributed by atoms with Gasteiger partial charge in [0.05, 0.1) is 0 Å². The zero-order valence-electron chi connectivity index (χ0n) is 11.2. The van der Waals surface area contributed by atoms with Crippen LogP contribution in [0.15, 0.2) is 23.6 Å². The molecule has 0 fully saturated rings. The molecule has 6 nitrogen and oxygen atoms in total. The average Bonchev–Trinajstić information content (AvgIpc) is 2.85. The van der Waals surface area contributed by atoms with Crippen LogP contribution in [0.2, 0.25) is 0 Å². The summed E-state index contributed by atoms with van der Waals surface area (Å²) in [7, 11) is 0. The van der Waals surface area contributed by atoms with E-state index in [1.807, 2.05) is 22.8 Å². The minimum absolute atomic E-state index is 0.0842. The average molecular weight is 296 g/mol. The number of hydrogen-bond acceptors (Lipinski definition) is 5. The molecule has 0 unspecified atom stereocenters. The monoisotopic (exact) mass is 296 g/mol. The zero-order valence-corrected chi connectivity index (χ0v) is 12.0. The molecule has 0 aromatic carbocycles. The van der Waals surface area contributed by atoms with E-state index in [1.54, 1.807) is 19.9 Å². The van der Waals surface area contributed by atoms with Crippen LogP contribution in [-0.2, 0) is 14.3 Å². The van der Waals surface area contributed by atoms with Gasteiger partial charge in [0.25, 0.3) is 5.91 Å². The highest BCUT2D eigenvalue weighted by Gasteiger charge is 2.10. The number of hydrogen-bond donors (Lipinski definition) is 2. The van der Waals surface area contributed by atoms with E-state index >= 15 is 0 Å². The highest BCUT2D eigenvalue weighted by Crippen LogP contribution is 2.09. The molecular weight excluding hydrogens is 280 g/mol. The smallest absolute Gasteiger partial charge is 0.331 e. The van der Waals surface area contributed by atoms with E-state index < -0.39 is 24.5 Å². The van der Waals surface area contributed by atoms with Crippen LogP contribution in [0.5, 0.6) is 0 Å². The maximum Gasteiger partial charge on any atom is 0.331 e. The van der Waals surface area contributed by atoms with Gasteiger partial charge in [-0.15, -0.1) is 11.3 Å². The van der Waals surface area contributed by atoms with Gasteiger partial charge in [-0.2, -0.15) is 0 Å². The lowest BCUT2D eigenvalue weighted by Gasteiger charge is -2.08. The summed E-state index contributed by atoms with van der Waals surface area (Å²) in [6, 6.07) is 3.00. The second-order valence-corrected chi connectivity index (χ2v) is 5.11. The standard InChI is InChI=1S/C13H16N2O4S/c1-9(2)14-13(18)15-11(16)8-19-12(17)6-5-10-4-3-7-20-10/h3-7,9H,8H2,1-2H3,(H2,14,15,16,18)/b6-5+. The maximum atomic E-state index is 11.3. The molecule has 1 aromatic heterocycles. The molecule has 2 N–H and O–H groups in total. The third-order valence-electron chi connectivity index (χ3n) is 1.95. The van der Waals surface area contributed by atoms with Gasteiger partial charge in [0.1, 0.15) is 0 Å². The number of nitrogens with one attached hydrogen (secondary N) is 2. The van der Waals surface area contributed by atoms with Crippen molar-refractivity contribution in [2.75, 3.05) is 6.61 Å². The molecule has 7 heteroatoms. The predicted octanol–water partition coefficient (Wildman–Crippen LogP) is 1.54. The molecule has 1 rings (SSSR count). The van der Waals surface area contributed by atoms with E-state index in [0.29, 0.717) is 0 Å². The Morgan fingerprint density at radius 3 is 2.75 bits per heavy atom. The van der Waals surface area contributed by atoms with Crippen molar-refractivity contribution >= 4 is 35.3 Å². The first-order chi connectivity index (χ1) is 9.47. The maximum absolute atomic E-state index is 11.3. The first kappa shape index (κ1) is 15.9. The second kappa shape index (κ2) is 8.11. The lowest BCUT2D eigenvalue weighted by Crippen LogP contribution is -2.43. The summed E-state index contributed by atoms with van der Waals surface area (Å²) in [5.41, 5.74) is 0. The number of rotatable bonds is 5. The van der Waals surface area contributed by atoms with E-state index in [4.69, 9.17) is 4.74 Å². The first-order valence-electron chi connectivity index (χ1n) is 5.96. The highest BCUT2D eigenvalue weighted by atomic mass is 32.1. The molecule has 108 valence electrons. The molecule has 0 radical (unpaired) electrons. The SMILES string of the molecule is CC(C)NC(=O)NC(=O)COC(=O)/C=C/c1cccs1. The molecule has 0 saturated heterocycles. The van der Waals surface area contributed by atoms with Crippen LogP contribution >= 0.6 is 11.3 Å². The van der Waals surface area contributed by atoms with Gasteiger partial charge in [-0.3, -0.25) is 10.1 Å². The van der Waals surface area contributed by atoms with Crippen LogP contribution in [0.25, 0.3) is 6.08 Å². The molecular formula is C13H16N2O4S. The Bertz CT molecular complexity index is 494. The van der Waals surface area contributed by atoms with Crippen molar-refractivity contribution in [3.8, 4) is 0 Å². The fourth-order valence-corrected chi connectivity index (χ4v) is 1.80. The van der Waals surface area contributed by atoms with Gasteiger partial charge >= 0.3 is 12.0 Å². The van der Waals surface area contributed by atoms with E-state index in [2.05, 4.69) is 5.32 Å². The summed E-state index contributed by atoms with van der Waals surface area (Å²) in [5, 5.41) is 6.41. The summed E-state index contributed by atoms with van der Waals surface area (Å²) in [4.78, 5) is 34.7. The number of urea groups is 1. The molecule has 20 heavy (non-hydrogen) atoms. The van der Waals surface area contributed by atoms with Crippen molar-refractivity contribution < 1.29 is 19.1 Å². The Morgan fingerprint density at radius 2 is 2.15 bits per heavy atom. The molecule has 0 bridgehead atoms. The fraction of sp³-hybridized carbons (Fsp3) is 0.308. The Kier molecular flexibility index (Phi) is 6.45. The molecule has 0 aliphatic carbocycles. The Hall–Kier alpha value is -2.15. The van der Waals surface area contributed by atoms with Crippen LogP contribution in [0.3, 0.4) is 0 Å². The van der Waals surface area contributed by atoms with Gasteiger partial charge in [0.15, 0.2) is 6.61 Å². The van der Waals surface area contributed by atoms with Crippen molar-refractivity contribution in [1.29, 1.82) is 0 Å². The number of amides is 3. The van der Waals surface area contributed by atoms with E-state index in [-0.39, 0.29) is 6.04 Å². The second-order valence-electron chi connectivity index (χ2n) is 4.13. The molecule has 0 saturated carbocycles. The molecule has 0 aliphatic rings. The minimum Gasteiger partial charge on any atom is -0.452 e. The fourth-order valence-electron chi connectivity index (χ4n) is 1.18. The summed E-state index contributed by atoms with van der Waals surface area (Å²) in [6.07, 6.45) is 2.82. The minimum atomic E-state index is -0.680. The van der Waals surface area contributed by atoms with Crippen LogP contribution in [0.1, 0.15) is 18.7 Å². The molecule has 0 spiro atoms. The largest absolute Gasteiger partial charge is 0.452 e. The highest BCUT2D eigenvalue weighted by molar-refractivity contribution is 7.10. The van der Waals surface area contributed by atoms with Gasteiger partial charge in [-0.1, -0.05) is 6.07 Å². The van der Waals surface area contributed by atoms with E-state index in [1.165, 1.54) is 17.4 Å². The van der Waals surface area contributed by atoms with Crippen molar-refractivity contribution in [3.63, 3.8) is 0 Å². The summed E-state index contributed by atoms with van der Waals surface area (Å²) in [5.74, 6) is -1.32. The zero-order chi connectivity index (χ0) is 15.0. The topological polar surface area (TPSA) is 84.5 Å². The Morgan fingerprint density at radius 1 is 1.40 bits per heavy atom. The van der Waals surface area contributed by atoms with Gasteiger partial charge in [0.2, 0.25) is 0 Å². The third kappa shape index (κ3) is 6.69. The number of imide groups is 1. The van der Waals surface area contributed by atoms with E-state index in [9.17, 15) is 14.4 Å². The molecule has 0 aliphatic heterocycles. The van der Waals surface area contributed by atoms with Crippen molar-refractivity contribution in [2.45, 2.75) is 19.9 Å². The molecule has 3 amide bonds. The van der Waals surface area contributed by atoms with Gasteiger partial charge < -0.3 is 10.1 Å². The van der Waals surface area contributed by atoms with Crippen LogP contribution < -0.4 is 10.6 Å².